The Kier molecular flexibility index (Phi) is 4.72. The Morgan fingerprint density at radius 1 is 1.42 bits per heavy atom. The van der Waals surface area contributed by atoms with Gasteiger partial charge < -0.3 is 10.4 Å². The zero-order chi connectivity index (χ0) is 13.5. The van der Waals surface area contributed by atoms with Crippen LogP contribution < -0.4 is 5.32 Å². The SMILES string of the molecule is O=C1CSC(=NN=Cc2ccc(C#CCO)cc2)N1. The predicted octanol–water partition coefficient (Wildman–Crippen LogP) is 0.583. The molecule has 0 spiro atoms. The number of benzene rings is 1. The van der Waals surface area contributed by atoms with E-state index in [1.54, 1.807) is 6.21 Å². The van der Waals surface area contributed by atoms with Crippen LogP contribution in [-0.4, -0.2) is 34.8 Å². The molecule has 2 N–H and O–H groups in total. The molecule has 0 saturated carbocycles. The van der Waals surface area contributed by atoms with Crippen LogP contribution >= 0.6 is 11.8 Å². The van der Waals surface area contributed by atoms with Gasteiger partial charge >= 0.3 is 0 Å². The molecule has 96 valence electrons. The van der Waals surface area contributed by atoms with Gasteiger partial charge in [-0.05, 0) is 17.7 Å². The molecule has 1 aliphatic rings. The van der Waals surface area contributed by atoms with Gasteiger partial charge in [-0.25, -0.2) is 0 Å². The van der Waals surface area contributed by atoms with Crippen LogP contribution in [-0.2, 0) is 4.79 Å². The number of carbonyl (C=O) groups excluding carboxylic acids is 1. The van der Waals surface area contributed by atoms with Crippen molar-refractivity contribution in [2.24, 2.45) is 10.2 Å². The lowest BCUT2D eigenvalue weighted by Crippen LogP contribution is -2.19. The van der Waals surface area contributed by atoms with Gasteiger partial charge in [0, 0.05) is 5.56 Å². The Bertz CT molecular complexity index is 582. The maximum atomic E-state index is 10.9. The molecule has 0 aliphatic carbocycles. The maximum Gasteiger partial charge on any atom is 0.236 e. The normalized spacial score (nSPS) is 16.5. The zero-order valence-corrected chi connectivity index (χ0v) is 10.8. The van der Waals surface area contributed by atoms with Crippen LogP contribution in [0.15, 0.2) is 34.5 Å². The first kappa shape index (κ1) is 13.3. The van der Waals surface area contributed by atoms with Crippen LogP contribution in [0.2, 0.25) is 0 Å². The van der Waals surface area contributed by atoms with Gasteiger partial charge in [0.25, 0.3) is 0 Å². The fourth-order valence-corrected chi connectivity index (χ4v) is 1.95. The lowest BCUT2D eigenvalue weighted by Gasteiger charge is -1.93. The largest absolute Gasteiger partial charge is 0.384 e. The monoisotopic (exact) mass is 273 g/mol. The first-order chi connectivity index (χ1) is 9.28. The van der Waals surface area contributed by atoms with Gasteiger partial charge in [-0.2, -0.15) is 5.10 Å². The number of aliphatic hydroxyl groups excluding tert-OH is 1. The first-order valence-electron chi connectivity index (χ1n) is 5.51. The Balaban J connectivity index is 1.97. The van der Waals surface area contributed by atoms with E-state index < -0.39 is 0 Å². The molecular weight excluding hydrogens is 262 g/mol. The second-order valence-electron chi connectivity index (χ2n) is 3.57. The highest BCUT2D eigenvalue weighted by Crippen LogP contribution is 2.08. The fourth-order valence-electron chi connectivity index (χ4n) is 1.32. The van der Waals surface area contributed by atoms with E-state index in [4.69, 9.17) is 5.11 Å². The summed E-state index contributed by atoms with van der Waals surface area (Å²) in [4.78, 5) is 10.9. The van der Waals surface area contributed by atoms with Crippen molar-refractivity contribution in [3.8, 4) is 11.8 Å². The third kappa shape index (κ3) is 4.25. The Morgan fingerprint density at radius 2 is 2.21 bits per heavy atom. The first-order valence-corrected chi connectivity index (χ1v) is 6.50. The van der Waals surface area contributed by atoms with Crippen LogP contribution in [0.3, 0.4) is 0 Å². The van der Waals surface area contributed by atoms with Gasteiger partial charge in [-0.3, -0.25) is 4.79 Å². The maximum absolute atomic E-state index is 10.9. The molecule has 2 rings (SSSR count). The van der Waals surface area contributed by atoms with E-state index in [9.17, 15) is 4.79 Å². The van der Waals surface area contributed by atoms with E-state index in [0.29, 0.717) is 10.9 Å². The average molecular weight is 273 g/mol. The van der Waals surface area contributed by atoms with Crippen molar-refractivity contribution in [2.45, 2.75) is 0 Å². The van der Waals surface area contributed by atoms with Crippen LogP contribution in [0.5, 0.6) is 0 Å². The van der Waals surface area contributed by atoms with Crippen molar-refractivity contribution in [3.05, 3.63) is 35.4 Å². The zero-order valence-electron chi connectivity index (χ0n) is 9.96. The minimum Gasteiger partial charge on any atom is -0.384 e. The van der Waals surface area contributed by atoms with Crippen molar-refractivity contribution in [2.75, 3.05) is 12.4 Å². The van der Waals surface area contributed by atoms with Gasteiger partial charge in [-0.1, -0.05) is 35.7 Å². The smallest absolute Gasteiger partial charge is 0.236 e. The van der Waals surface area contributed by atoms with E-state index in [1.165, 1.54) is 11.8 Å². The molecule has 0 bridgehead atoms. The van der Waals surface area contributed by atoms with Crippen LogP contribution in [0.4, 0.5) is 0 Å². The third-order valence-electron chi connectivity index (χ3n) is 2.16. The molecule has 0 aromatic heterocycles. The minimum atomic E-state index is -0.149. The summed E-state index contributed by atoms with van der Waals surface area (Å²) in [6, 6.07) is 7.38. The van der Waals surface area contributed by atoms with E-state index in [1.807, 2.05) is 24.3 Å². The molecule has 1 amide bonds. The summed E-state index contributed by atoms with van der Waals surface area (Å²) in [6.45, 7) is -0.149. The predicted molar refractivity (Wildman–Crippen MR) is 76.0 cm³/mol. The second kappa shape index (κ2) is 6.73. The molecule has 0 unspecified atom stereocenters. The minimum absolute atomic E-state index is 0.0502. The molecule has 1 aliphatic heterocycles. The molecule has 1 heterocycles. The summed E-state index contributed by atoms with van der Waals surface area (Å²) in [6.07, 6.45) is 1.60. The van der Waals surface area contributed by atoms with E-state index in [-0.39, 0.29) is 12.5 Å². The molecule has 1 aromatic carbocycles. The molecular formula is C13H11N3O2S. The number of nitrogens with zero attached hydrogens (tertiary/aromatic N) is 2. The van der Waals surface area contributed by atoms with Crippen molar-refractivity contribution >= 4 is 29.1 Å². The van der Waals surface area contributed by atoms with Crippen LogP contribution in [0.1, 0.15) is 11.1 Å². The summed E-state index contributed by atoms with van der Waals surface area (Å²) in [7, 11) is 0. The molecule has 19 heavy (non-hydrogen) atoms. The Morgan fingerprint density at radius 3 is 2.84 bits per heavy atom. The van der Waals surface area contributed by atoms with Crippen LogP contribution in [0.25, 0.3) is 0 Å². The topological polar surface area (TPSA) is 74.0 Å². The molecule has 1 aromatic rings. The summed E-state index contributed by atoms with van der Waals surface area (Å²) in [5.74, 6) is 5.73. The number of nitrogens with one attached hydrogen (secondary N) is 1. The number of amides is 1. The van der Waals surface area contributed by atoms with Gasteiger partial charge in [0.15, 0.2) is 5.17 Å². The highest BCUT2D eigenvalue weighted by Gasteiger charge is 2.15. The number of amidine groups is 1. The molecule has 0 atom stereocenters. The molecule has 0 radical (unpaired) electrons. The second-order valence-corrected chi connectivity index (χ2v) is 4.53. The van der Waals surface area contributed by atoms with Gasteiger partial charge in [-0.15, -0.1) is 5.10 Å². The van der Waals surface area contributed by atoms with Crippen molar-refractivity contribution in [3.63, 3.8) is 0 Å². The van der Waals surface area contributed by atoms with Crippen molar-refractivity contribution in [1.29, 1.82) is 0 Å². The van der Waals surface area contributed by atoms with E-state index in [2.05, 4.69) is 27.4 Å². The molecule has 1 saturated heterocycles. The van der Waals surface area contributed by atoms with Gasteiger partial charge in [0.2, 0.25) is 5.91 Å². The number of aliphatic hydroxyl groups is 1. The fraction of sp³-hybridized carbons (Fsp3) is 0.154. The molecule has 5 nitrogen and oxygen atoms in total. The van der Waals surface area contributed by atoms with Crippen LogP contribution in [0, 0.1) is 11.8 Å². The number of rotatable bonds is 2. The summed E-state index contributed by atoms with van der Waals surface area (Å²) in [5, 5.41) is 19.5. The van der Waals surface area contributed by atoms with Crippen molar-refractivity contribution < 1.29 is 9.90 Å². The quantitative estimate of drug-likeness (QED) is 0.470. The summed E-state index contributed by atoms with van der Waals surface area (Å²) in [5.41, 5.74) is 1.71. The highest BCUT2D eigenvalue weighted by atomic mass is 32.2. The molecule has 1 fully saturated rings. The highest BCUT2D eigenvalue weighted by molar-refractivity contribution is 8.15. The molecule has 6 heteroatoms. The Hall–Kier alpha value is -2.10. The number of hydrogen-bond donors (Lipinski definition) is 2. The standard InChI is InChI=1S/C13H11N3O2S/c17-7-1-2-10-3-5-11(6-4-10)8-14-16-13-15-12(18)9-19-13/h3-6,8,17H,7,9H2,(H,15,16,18). The summed E-state index contributed by atoms with van der Waals surface area (Å²) >= 11 is 1.33. The number of thioether (sulfide) groups is 1. The Labute approximate surface area is 114 Å². The van der Waals surface area contributed by atoms with E-state index in [0.717, 1.165) is 11.1 Å². The number of hydrogen-bond acceptors (Lipinski definition) is 5. The van der Waals surface area contributed by atoms with Crippen molar-refractivity contribution in [1.82, 2.24) is 5.32 Å². The lowest BCUT2D eigenvalue weighted by molar-refractivity contribution is -0.116. The van der Waals surface area contributed by atoms with E-state index >= 15 is 0 Å². The average Bonchev–Trinajstić information content (AvgIpc) is 2.84. The lowest BCUT2D eigenvalue weighted by atomic mass is 10.1. The van der Waals surface area contributed by atoms with Gasteiger partial charge in [0.05, 0.1) is 12.0 Å². The number of carbonyl (C=O) groups is 1. The van der Waals surface area contributed by atoms with Gasteiger partial charge in [0.1, 0.15) is 6.61 Å². The summed E-state index contributed by atoms with van der Waals surface area (Å²) < 4.78 is 0. The third-order valence-corrected chi connectivity index (χ3v) is 3.03.